The lowest BCUT2D eigenvalue weighted by Crippen LogP contribution is -3.00. The second kappa shape index (κ2) is 18.3. The molecule has 0 aliphatic carbocycles. The summed E-state index contributed by atoms with van der Waals surface area (Å²) >= 11 is 0. The Morgan fingerprint density at radius 2 is 0.891 bits per heavy atom. The van der Waals surface area contributed by atoms with Crippen LogP contribution in [0.1, 0.15) is 47.9 Å². The molecular weight excluding hydrogens is 700 g/mol. The van der Waals surface area contributed by atoms with Gasteiger partial charge in [0.05, 0.1) is 22.7 Å². The molecule has 0 atom stereocenters. The van der Waals surface area contributed by atoms with Crippen LogP contribution in [0.15, 0.2) is 119 Å². The summed E-state index contributed by atoms with van der Waals surface area (Å²) in [4.78, 5) is 10.1. The van der Waals surface area contributed by atoms with Gasteiger partial charge in [-0.25, -0.2) is 9.13 Å². The third-order valence-electron chi connectivity index (χ3n) is 8.11. The Bertz CT molecular complexity index is 1570. The first-order valence-electron chi connectivity index (χ1n) is 15.5. The Morgan fingerprint density at radius 1 is 0.522 bits per heavy atom. The van der Waals surface area contributed by atoms with Gasteiger partial charge < -0.3 is 44.6 Å². The van der Waals surface area contributed by atoms with E-state index in [0.717, 1.165) is 72.7 Å². The molecule has 2 N–H and O–H groups in total. The number of hydrogen-bond donors (Lipinski definition) is 2. The molecule has 240 valence electrons. The summed E-state index contributed by atoms with van der Waals surface area (Å²) in [7, 11) is 0. The lowest BCUT2D eigenvalue weighted by molar-refractivity contribution is -0.697. The van der Waals surface area contributed by atoms with Crippen LogP contribution in [0, 0.1) is 27.7 Å². The monoisotopic (exact) mass is 742 g/mol. The maximum absolute atomic E-state index is 5.03. The predicted octanol–water partition coefficient (Wildman–Crippen LogP) is 2.17. The minimum atomic E-state index is 0. The molecule has 46 heavy (non-hydrogen) atoms. The molecule has 4 aromatic rings. The number of pyridine rings is 2. The van der Waals surface area contributed by atoms with E-state index in [9.17, 15) is 0 Å². The highest BCUT2D eigenvalue weighted by molar-refractivity contribution is 5.87. The molecule has 0 radical (unpaired) electrons. The van der Waals surface area contributed by atoms with Crippen molar-refractivity contribution in [3.63, 3.8) is 0 Å². The van der Waals surface area contributed by atoms with Gasteiger partial charge in [0.1, 0.15) is 13.1 Å². The van der Waals surface area contributed by atoms with Crippen molar-refractivity contribution in [1.82, 2.24) is 0 Å². The smallest absolute Gasteiger partial charge is 0.168 e. The Hall–Kier alpha value is -3.88. The van der Waals surface area contributed by atoms with Crippen molar-refractivity contribution in [2.45, 2.75) is 66.5 Å². The normalized spacial score (nSPS) is 14.8. The van der Waals surface area contributed by atoms with E-state index in [-0.39, 0.29) is 34.0 Å². The van der Waals surface area contributed by atoms with Crippen molar-refractivity contribution in [3.8, 4) is 0 Å². The molecule has 5 rings (SSSR count). The summed E-state index contributed by atoms with van der Waals surface area (Å²) in [6.45, 7) is 10.5. The zero-order valence-corrected chi connectivity index (χ0v) is 30.4. The number of anilines is 2. The molecular formula is C38H44Br2N6. The van der Waals surface area contributed by atoms with Gasteiger partial charge in [0.2, 0.25) is 0 Å². The van der Waals surface area contributed by atoms with Gasteiger partial charge in [0.15, 0.2) is 24.8 Å². The fourth-order valence-corrected chi connectivity index (χ4v) is 5.14. The number of aromatic nitrogens is 2. The molecule has 1 aliphatic heterocycles. The molecule has 0 fully saturated rings. The van der Waals surface area contributed by atoms with Gasteiger partial charge in [-0.2, -0.15) is 0 Å². The number of benzene rings is 2. The van der Waals surface area contributed by atoms with Crippen molar-refractivity contribution in [2.24, 2.45) is 9.98 Å². The number of halogens is 2. The molecule has 1 aliphatic rings. The first-order valence-corrected chi connectivity index (χ1v) is 15.5. The van der Waals surface area contributed by atoms with E-state index in [4.69, 9.17) is 9.98 Å². The Kier molecular flexibility index (Phi) is 14.6. The largest absolute Gasteiger partial charge is 1.00 e. The third-order valence-corrected chi connectivity index (χ3v) is 8.11. The molecule has 3 heterocycles. The standard InChI is InChI=1S/C38H44N6.2BrH/c1-29-21-35-36(22-30(29)2)40-26-34(14-12-20-44-17-9-6-10-18-44)28-42-38-24-32(4)31(3)23-37(38)41-27-33(25-39-35)13-11-19-43-15-7-5-8-16-43;;/h5-10,15-18,21-28,39,42H,11-14,19-20H2,1-4H3;2*1H/q+2;;/p-2/b33-25-,34-28-,40-26?,41-27?;;. The minimum Gasteiger partial charge on any atom is -1.00 e. The molecule has 0 spiro atoms. The van der Waals surface area contributed by atoms with E-state index in [1.807, 2.05) is 24.6 Å². The van der Waals surface area contributed by atoms with Gasteiger partial charge in [-0.15, -0.1) is 0 Å². The average molecular weight is 745 g/mol. The zero-order valence-electron chi connectivity index (χ0n) is 27.2. The van der Waals surface area contributed by atoms with E-state index >= 15 is 0 Å². The highest BCUT2D eigenvalue weighted by Crippen LogP contribution is 2.31. The third kappa shape index (κ3) is 10.6. The van der Waals surface area contributed by atoms with Crippen LogP contribution in [-0.2, 0) is 13.1 Å². The summed E-state index contributed by atoms with van der Waals surface area (Å²) in [6, 6.07) is 21.1. The van der Waals surface area contributed by atoms with Gasteiger partial charge in [0.25, 0.3) is 0 Å². The highest BCUT2D eigenvalue weighted by atomic mass is 79.9. The molecule has 8 heteroatoms. The fraction of sp³-hybridized carbons (Fsp3) is 0.263. The van der Waals surface area contributed by atoms with E-state index < -0.39 is 0 Å². The maximum Gasteiger partial charge on any atom is 0.168 e. The van der Waals surface area contributed by atoms with Crippen LogP contribution < -0.4 is 53.7 Å². The molecule has 0 saturated carbocycles. The first kappa shape index (κ1) is 36.6. The lowest BCUT2D eigenvalue weighted by atomic mass is 10.1. The number of hydrogen-bond acceptors (Lipinski definition) is 4. The van der Waals surface area contributed by atoms with Crippen LogP contribution in [0.3, 0.4) is 0 Å². The summed E-state index contributed by atoms with van der Waals surface area (Å²) < 4.78 is 4.44. The van der Waals surface area contributed by atoms with Crippen molar-refractivity contribution in [2.75, 3.05) is 10.6 Å². The summed E-state index contributed by atoms with van der Waals surface area (Å²) in [5.41, 5.74) is 11.0. The number of rotatable bonds is 8. The number of nitrogens with one attached hydrogen (secondary N) is 2. The maximum atomic E-state index is 5.03. The van der Waals surface area contributed by atoms with Crippen molar-refractivity contribution in [3.05, 3.63) is 131 Å². The number of aliphatic imine (C=N–C) groups is 2. The van der Waals surface area contributed by atoms with Crippen molar-refractivity contribution in [1.29, 1.82) is 0 Å². The molecule has 0 amide bonds. The Labute approximate surface area is 295 Å². The van der Waals surface area contributed by atoms with E-state index in [0.29, 0.717) is 0 Å². The van der Waals surface area contributed by atoms with Crippen molar-refractivity contribution >= 4 is 35.2 Å². The van der Waals surface area contributed by atoms with Gasteiger partial charge in [-0.1, -0.05) is 12.1 Å². The molecule has 0 saturated heterocycles. The van der Waals surface area contributed by atoms with Crippen LogP contribution in [0.5, 0.6) is 0 Å². The molecule has 2 aromatic carbocycles. The summed E-state index contributed by atoms with van der Waals surface area (Å²) in [5.74, 6) is 0. The van der Waals surface area contributed by atoms with E-state index in [1.54, 1.807) is 0 Å². The first-order chi connectivity index (χ1) is 21.4. The number of fused-ring (bicyclic) bond motifs is 2. The number of allylic oxidation sites excluding steroid dienone is 2. The molecule has 0 bridgehead atoms. The van der Waals surface area contributed by atoms with Crippen molar-refractivity contribution < 1.29 is 43.1 Å². The van der Waals surface area contributed by atoms with Gasteiger partial charge in [-0.3, -0.25) is 9.98 Å². The van der Waals surface area contributed by atoms with Crippen LogP contribution in [0.25, 0.3) is 0 Å². The topological polar surface area (TPSA) is 56.5 Å². The Morgan fingerprint density at radius 3 is 1.28 bits per heavy atom. The van der Waals surface area contributed by atoms with Gasteiger partial charge >= 0.3 is 0 Å². The van der Waals surface area contributed by atoms with Crippen LogP contribution >= 0.6 is 0 Å². The lowest BCUT2D eigenvalue weighted by Gasteiger charge is -2.13. The van der Waals surface area contributed by atoms with E-state index in [1.165, 1.54) is 22.3 Å². The molecule has 0 unspecified atom stereocenters. The summed E-state index contributed by atoms with van der Waals surface area (Å²) in [6.07, 6.45) is 20.4. The molecule has 6 nitrogen and oxygen atoms in total. The molecule has 2 aromatic heterocycles. The minimum absolute atomic E-state index is 0. The van der Waals surface area contributed by atoms with Crippen LogP contribution in [-0.4, -0.2) is 12.4 Å². The zero-order chi connectivity index (χ0) is 30.7. The van der Waals surface area contributed by atoms with Gasteiger partial charge in [-0.05, 0) is 98.2 Å². The summed E-state index contributed by atoms with van der Waals surface area (Å²) in [5, 5.41) is 7.19. The van der Waals surface area contributed by atoms with Gasteiger partial charge in [0, 0.05) is 61.9 Å². The number of aryl methyl sites for hydroxylation is 6. The van der Waals surface area contributed by atoms with E-state index in [2.05, 4.69) is 133 Å². The second-order valence-corrected chi connectivity index (χ2v) is 11.6. The highest BCUT2D eigenvalue weighted by Gasteiger charge is 2.09. The SMILES string of the molecule is Cc1cc2c(cc1C)N/C=C(/CCC[n+]1ccccc1)C=Nc1cc(C)c(C)cc1N/C=C(/CCC[n+]1ccccc1)C=N2.[Br-].[Br-]. The fourth-order valence-electron chi connectivity index (χ4n) is 5.14. The average Bonchev–Trinajstić information content (AvgIpc) is 3.03. The van der Waals surface area contributed by atoms with Crippen LogP contribution in [0.4, 0.5) is 22.7 Å². The predicted molar refractivity (Wildman–Crippen MR) is 183 cm³/mol. The number of nitrogens with zero attached hydrogens (tertiary/aromatic N) is 4. The second-order valence-electron chi connectivity index (χ2n) is 11.6. The Balaban J connectivity index is 0.00000288. The quantitative estimate of drug-likeness (QED) is 0.272. The van der Waals surface area contributed by atoms with Crippen LogP contribution in [0.2, 0.25) is 0 Å².